The number of hydrazine groups is 1. The molecule has 1 fully saturated rings. The maximum atomic E-state index is 12.6. The fourth-order valence-corrected chi connectivity index (χ4v) is 2.81. The molecule has 0 atom stereocenters. The van der Waals surface area contributed by atoms with Gasteiger partial charge in [-0.3, -0.25) is 0 Å². The molecule has 0 aliphatic carbocycles. The van der Waals surface area contributed by atoms with Gasteiger partial charge in [0.1, 0.15) is 5.82 Å². The van der Waals surface area contributed by atoms with Gasteiger partial charge in [-0.15, -0.1) is 4.41 Å². The number of halogens is 1. The van der Waals surface area contributed by atoms with Crippen molar-refractivity contribution in [1.82, 2.24) is 9.84 Å². The second-order valence-corrected chi connectivity index (χ2v) is 5.16. The van der Waals surface area contributed by atoms with Crippen LogP contribution in [0.3, 0.4) is 0 Å². The van der Waals surface area contributed by atoms with E-state index in [0.29, 0.717) is 13.1 Å². The lowest BCUT2D eigenvalue weighted by Gasteiger charge is -2.15. The van der Waals surface area contributed by atoms with Crippen molar-refractivity contribution in [2.45, 2.75) is 11.3 Å². The van der Waals surface area contributed by atoms with Crippen LogP contribution in [-0.2, 0) is 10.0 Å². The van der Waals surface area contributed by atoms with Crippen molar-refractivity contribution in [3.63, 3.8) is 0 Å². The first-order valence-electron chi connectivity index (χ1n) is 4.62. The molecular formula is C9H11FN2O2S. The topological polar surface area (TPSA) is 49.4 Å². The number of hydrogen-bond acceptors (Lipinski definition) is 3. The SMILES string of the molecule is O=S(=O)(c1ccc(F)cc1)N1CCCN1. The maximum absolute atomic E-state index is 12.6. The zero-order chi connectivity index (χ0) is 10.9. The summed E-state index contributed by atoms with van der Waals surface area (Å²) in [6.45, 7) is 1.11. The molecule has 0 radical (unpaired) electrons. The molecular weight excluding hydrogens is 219 g/mol. The fourth-order valence-electron chi connectivity index (χ4n) is 1.44. The molecule has 2 rings (SSSR count). The van der Waals surface area contributed by atoms with Crippen LogP contribution < -0.4 is 5.43 Å². The van der Waals surface area contributed by atoms with Crippen LogP contribution in [-0.4, -0.2) is 25.9 Å². The lowest BCUT2D eigenvalue weighted by atomic mass is 10.4. The van der Waals surface area contributed by atoms with Crippen molar-refractivity contribution in [2.75, 3.05) is 13.1 Å². The van der Waals surface area contributed by atoms with Gasteiger partial charge in [-0.05, 0) is 30.7 Å². The predicted octanol–water partition coefficient (Wildman–Crippen LogP) is 0.725. The zero-order valence-electron chi connectivity index (χ0n) is 7.98. The summed E-state index contributed by atoms with van der Waals surface area (Å²) in [4.78, 5) is 0.110. The number of rotatable bonds is 2. The van der Waals surface area contributed by atoms with Crippen molar-refractivity contribution < 1.29 is 12.8 Å². The van der Waals surface area contributed by atoms with Crippen LogP contribution >= 0.6 is 0 Å². The number of nitrogens with zero attached hydrogens (tertiary/aromatic N) is 1. The van der Waals surface area contributed by atoms with E-state index in [9.17, 15) is 12.8 Å². The summed E-state index contributed by atoms with van der Waals surface area (Å²) >= 11 is 0. The minimum atomic E-state index is -3.50. The van der Waals surface area contributed by atoms with Gasteiger partial charge in [0.25, 0.3) is 10.0 Å². The van der Waals surface area contributed by atoms with E-state index < -0.39 is 15.8 Å². The standard InChI is InChI=1S/C9H11FN2O2S/c10-8-2-4-9(5-3-8)15(13,14)12-7-1-6-11-12/h2-5,11H,1,6-7H2. The predicted molar refractivity (Wildman–Crippen MR) is 52.9 cm³/mol. The summed E-state index contributed by atoms with van der Waals surface area (Å²) in [5.74, 6) is -0.441. The molecule has 1 N–H and O–H groups in total. The number of benzene rings is 1. The molecule has 1 aliphatic rings. The molecule has 15 heavy (non-hydrogen) atoms. The summed E-state index contributed by atoms with van der Waals surface area (Å²) in [6, 6.07) is 4.82. The molecule has 0 saturated carbocycles. The summed E-state index contributed by atoms with van der Waals surface area (Å²) in [6.07, 6.45) is 0.792. The summed E-state index contributed by atoms with van der Waals surface area (Å²) in [5.41, 5.74) is 2.76. The van der Waals surface area contributed by atoms with Crippen LogP contribution in [0, 0.1) is 5.82 Å². The minimum Gasteiger partial charge on any atom is -0.241 e. The van der Waals surface area contributed by atoms with Crippen LogP contribution in [0.4, 0.5) is 4.39 Å². The quantitative estimate of drug-likeness (QED) is 0.814. The third kappa shape index (κ3) is 2.01. The van der Waals surface area contributed by atoms with E-state index in [4.69, 9.17) is 0 Å². The summed E-state index contributed by atoms with van der Waals surface area (Å²) < 4.78 is 37.6. The van der Waals surface area contributed by atoms with Crippen molar-refractivity contribution in [3.05, 3.63) is 30.1 Å². The Morgan fingerprint density at radius 3 is 2.47 bits per heavy atom. The highest BCUT2D eigenvalue weighted by Gasteiger charge is 2.26. The third-order valence-electron chi connectivity index (χ3n) is 2.23. The van der Waals surface area contributed by atoms with Crippen LogP contribution in [0.15, 0.2) is 29.2 Å². The first-order valence-corrected chi connectivity index (χ1v) is 6.06. The van der Waals surface area contributed by atoms with Crippen molar-refractivity contribution in [2.24, 2.45) is 0 Å². The zero-order valence-corrected chi connectivity index (χ0v) is 8.80. The van der Waals surface area contributed by atoms with Crippen LogP contribution in [0.25, 0.3) is 0 Å². The number of hydrogen-bond donors (Lipinski definition) is 1. The molecule has 4 nitrogen and oxygen atoms in total. The van der Waals surface area contributed by atoms with Crippen LogP contribution in [0.5, 0.6) is 0 Å². The Morgan fingerprint density at radius 2 is 1.93 bits per heavy atom. The van der Waals surface area contributed by atoms with E-state index in [0.717, 1.165) is 18.6 Å². The maximum Gasteiger partial charge on any atom is 0.255 e. The molecule has 1 aliphatic heterocycles. The Labute approximate surface area is 87.7 Å². The first kappa shape index (κ1) is 10.5. The lowest BCUT2D eigenvalue weighted by molar-refractivity contribution is 0.399. The normalized spacial score (nSPS) is 18.2. The Balaban J connectivity index is 2.32. The van der Waals surface area contributed by atoms with Crippen molar-refractivity contribution in [1.29, 1.82) is 0 Å². The molecule has 1 aromatic carbocycles. The largest absolute Gasteiger partial charge is 0.255 e. The van der Waals surface area contributed by atoms with E-state index >= 15 is 0 Å². The lowest BCUT2D eigenvalue weighted by Crippen LogP contribution is -2.36. The molecule has 0 spiro atoms. The summed E-state index contributed by atoms with van der Waals surface area (Å²) in [7, 11) is -3.50. The molecule has 1 aromatic rings. The van der Waals surface area contributed by atoms with E-state index in [1.165, 1.54) is 16.5 Å². The average Bonchev–Trinajstić information content (AvgIpc) is 2.71. The molecule has 6 heteroatoms. The average molecular weight is 230 g/mol. The number of nitrogens with one attached hydrogen (secondary N) is 1. The molecule has 0 aromatic heterocycles. The van der Waals surface area contributed by atoms with Gasteiger partial charge in [-0.1, -0.05) is 0 Å². The molecule has 0 bridgehead atoms. The molecule has 0 unspecified atom stereocenters. The first-order chi connectivity index (χ1) is 7.10. The van der Waals surface area contributed by atoms with Crippen molar-refractivity contribution >= 4 is 10.0 Å². The smallest absolute Gasteiger partial charge is 0.241 e. The van der Waals surface area contributed by atoms with Crippen LogP contribution in [0.1, 0.15) is 6.42 Å². The molecule has 1 heterocycles. The van der Waals surface area contributed by atoms with E-state index in [1.807, 2.05) is 0 Å². The van der Waals surface area contributed by atoms with Gasteiger partial charge >= 0.3 is 0 Å². The van der Waals surface area contributed by atoms with Gasteiger partial charge < -0.3 is 0 Å². The van der Waals surface area contributed by atoms with E-state index in [2.05, 4.69) is 5.43 Å². The van der Waals surface area contributed by atoms with Gasteiger partial charge in [0, 0.05) is 13.1 Å². The third-order valence-corrected chi connectivity index (χ3v) is 3.99. The highest BCUT2D eigenvalue weighted by Crippen LogP contribution is 2.16. The Morgan fingerprint density at radius 1 is 1.27 bits per heavy atom. The molecule has 1 saturated heterocycles. The Bertz CT molecular complexity index is 438. The second kappa shape index (κ2) is 3.88. The Kier molecular flexibility index (Phi) is 2.72. The van der Waals surface area contributed by atoms with Gasteiger partial charge in [0.2, 0.25) is 0 Å². The number of sulfonamides is 1. The van der Waals surface area contributed by atoms with E-state index in [1.54, 1.807) is 0 Å². The van der Waals surface area contributed by atoms with Gasteiger partial charge in [-0.2, -0.15) is 0 Å². The van der Waals surface area contributed by atoms with E-state index in [-0.39, 0.29) is 4.90 Å². The highest BCUT2D eigenvalue weighted by molar-refractivity contribution is 7.89. The summed E-state index contributed by atoms with van der Waals surface area (Å²) in [5, 5.41) is 0. The van der Waals surface area contributed by atoms with Crippen LogP contribution in [0.2, 0.25) is 0 Å². The molecule has 0 amide bonds. The minimum absolute atomic E-state index is 0.110. The fraction of sp³-hybridized carbons (Fsp3) is 0.333. The monoisotopic (exact) mass is 230 g/mol. The van der Waals surface area contributed by atoms with Gasteiger partial charge in [0.05, 0.1) is 4.90 Å². The Hall–Kier alpha value is -0.980. The van der Waals surface area contributed by atoms with Crippen molar-refractivity contribution in [3.8, 4) is 0 Å². The van der Waals surface area contributed by atoms with Gasteiger partial charge in [-0.25, -0.2) is 18.2 Å². The van der Waals surface area contributed by atoms with Gasteiger partial charge in [0.15, 0.2) is 0 Å². The highest BCUT2D eigenvalue weighted by atomic mass is 32.2. The second-order valence-electron chi connectivity index (χ2n) is 3.29. The molecule has 82 valence electrons.